The summed E-state index contributed by atoms with van der Waals surface area (Å²) in [4.78, 5) is 12.5. The normalized spacial score (nSPS) is 17.8. The van der Waals surface area contributed by atoms with E-state index in [1.807, 2.05) is 6.92 Å². The Morgan fingerprint density at radius 3 is 2.68 bits per heavy atom. The molecule has 19 heavy (non-hydrogen) atoms. The second-order valence-corrected chi connectivity index (χ2v) is 8.84. The fourth-order valence-corrected chi connectivity index (χ4v) is 4.23. The summed E-state index contributed by atoms with van der Waals surface area (Å²) in [5.74, 6) is 0.519. The van der Waals surface area contributed by atoms with E-state index in [1.165, 1.54) is 25.3 Å². The van der Waals surface area contributed by atoms with E-state index in [0.717, 1.165) is 11.3 Å². The summed E-state index contributed by atoms with van der Waals surface area (Å²) < 4.78 is 22.3. The Balaban J connectivity index is 1.90. The average molecular weight is 322 g/mol. The lowest BCUT2D eigenvalue weighted by Crippen LogP contribution is -2.41. The molecule has 7 heteroatoms. The molecule has 0 saturated heterocycles. The Labute approximate surface area is 121 Å². The molecule has 0 bridgehead atoms. The first-order chi connectivity index (χ1) is 8.86. The van der Waals surface area contributed by atoms with E-state index in [0.29, 0.717) is 10.8 Å². The highest BCUT2D eigenvalue weighted by atomic mass is 35.7. The van der Waals surface area contributed by atoms with Crippen molar-refractivity contribution in [2.24, 2.45) is 5.92 Å². The van der Waals surface area contributed by atoms with Crippen molar-refractivity contribution in [2.75, 3.05) is 0 Å². The van der Waals surface area contributed by atoms with Gasteiger partial charge in [0.2, 0.25) is 5.91 Å². The van der Waals surface area contributed by atoms with Gasteiger partial charge in [-0.1, -0.05) is 6.42 Å². The molecule has 1 atom stereocenters. The minimum atomic E-state index is -3.69. The zero-order valence-corrected chi connectivity index (χ0v) is 12.9. The molecule has 1 fully saturated rings. The van der Waals surface area contributed by atoms with Crippen LogP contribution in [0.15, 0.2) is 16.3 Å². The van der Waals surface area contributed by atoms with Gasteiger partial charge in [0.05, 0.1) is 6.42 Å². The van der Waals surface area contributed by atoms with Gasteiger partial charge in [-0.2, -0.15) is 0 Å². The first kappa shape index (κ1) is 14.8. The Bertz CT molecular complexity index is 563. The van der Waals surface area contributed by atoms with E-state index in [2.05, 4.69) is 5.32 Å². The van der Waals surface area contributed by atoms with E-state index in [-0.39, 0.29) is 22.6 Å². The lowest BCUT2D eigenvalue weighted by Gasteiger charge is -2.31. The Morgan fingerprint density at radius 2 is 2.21 bits per heavy atom. The summed E-state index contributed by atoms with van der Waals surface area (Å²) in [6, 6.07) is 3.26. The Kier molecular flexibility index (Phi) is 4.53. The van der Waals surface area contributed by atoms with Gasteiger partial charge in [0.1, 0.15) is 4.21 Å². The van der Waals surface area contributed by atoms with E-state index in [9.17, 15) is 13.2 Å². The third kappa shape index (κ3) is 3.94. The molecule has 1 heterocycles. The molecule has 1 aromatic rings. The van der Waals surface area contributed by atoms with Crippen molar-refractivity contribution in [3.05, 3.63) is 17.0 Å². The molecule has 1 aliphatic rings. The first-order valence-corrected chi connectivity index (χ1v) is 9.31. The maximum Gasteiger partial charge on any atom is 0.270 e. The van der Waals surface area contributed by atoms with Gasteiger partial charge in [-0.05, 0) is 37.8 Å². The maximum atomic E-state index is 11.8. The highest BCUT2D eigenvalue weighted by Gasteiger charge is 2.25. The number of hydrogen-bond acceptors (Lipinski definition) is 4. The predicted octanol–water partition coefficient (Wildman–Crippen LogP) is 2.52. The lowest BCUT2D eigenvalue weighted by atomic mass is 9.80. The molecular weight excluding hydrogens is 306 g/mol. The van der Waals surface area contributed by atoms with Crippen LogP contribution >= 0.6 is 22.0 Å². The van der Waals surface area contributed by atoms with Crippen molar-refractivity contribution in [1.29, 1.82) is 0 Å². The van der Waals surface area contributed by atoms with E-state index >= 15 is 0 Å². The number of amides is 1. The van der Waals surface area contributed by atoms with Gasteiger partial charge < -0.3 is 5.32 Å². The highest BCUT2D eigenvalue weighted by Crippen LogP contribution is 2.29. The molecular formula is C12H16ClNO3S2. The topological polar surface area (TPSA) is 63.2 Å². The van der Waals surface area contributed by atoms with E-state index in [1.54, 1.807) is 6.07 Å². The van der Waals surface area contributed by atoms with E-state index in [4.69, 9.17) is 10.7 Å². The molecule has 0 spiro atoms. The van der Waals surface area contributed by atoms with Gasteiger partial charge >= 0.3 is 0 Å². The van der Waals surface area contributed by atoms with Gasteiger partial charge in [0.15, 0.2) is 0 Å². The number of thiophene rings is 1. The van der Waals surface area contributed by atoms with Crippen LogP contribution in [0.4, 0.5) is 0 Å². The summed E-state index contributed by atoms with van der Waals surface area (Å²) in [5, 5.41) is 2.96. The molecule has 0 aromatic carbocycles. The first-order valence-electron chi connectivity index (χ1n) is 6.19. The number of nitrogens with one attached hydrogen (secondary N) is 1. The molecule has 106 valence electrons. The SMILES string of the molecule is CC(NC(=O)Cc1ccc(S(=O)(=O)Cl)s1)C1CCC1. The third-order valence-corrected chi connectivity index (χ3v) is 6.64. The predicted molar refractivity (Wildman–Crippen MR) is 76.0 cm³/mol. The fraction of sp³-hybridized carbons (Fsp3) is 0.583. The monoisotopic (exact) mass is 321 g/mol. The van der Waals surface area contributed by atoms with Gasteiger partial charge in [-0.25, -0.2) is 8.42 Å². The van der Waals surface area contributed by atoms with Crippen LogP contribution in [0.25, 0.3) is 0 Å². The number of carbonyl (C=O) groups is 1. The highest BCUT2D eigenvalue weighted by molar-refractivity contribution is 8.15. The van der Waals surface area contributed by atoms with Crippen LogP contribution in [-0.4, -0.2) is 20.4 Å². The molecule has 1 aliphatic carbocycles. The number of halogens is 1. The maximum absolute atomic E-state index is 11.8. The number of carbonyl (C=O) groups excluding carboxylic acids is 1. The third-order valence-electron chi connectivity index (χ3n) is 3.46. The second-order valence-electron chi connectivity index (χ2n) is 4.88. The van der Waals surface area contributed by atoms with Crippen LogP contribution < -0.4 is 5.32 Å². The smallest absolute Gasteiger partial charge is 0.270 e. The van der Waals surface area contributed by atoms with Crippen molar-refractivity contribution in [1.82, 2.24) is 5.32 Å². The van der Waals surface area contributed by atoms with Gasteiger partial charge in [0.25, 0.3) is 9.05 Å². The molecule has 1 amide bonds. The summed E-state index contributed by atoms with van der Waals surface area (Å²) in [5.41, 5.74) is 0. The van der Waals surface area contributed by atoms with Gasteiger partial charge in [-0.3, -0.25) is 4.79 Å². The van der Waals surface area contributed by atoms with Crippen LogP contribution in [0.3, 0.4) is 0 Å². The molecule has 1 saturated carbocycles. The number of rotatable bonds is 5. The molecule has 2 rings (SSSR count). The summed E-state index contributed by atoms with van der Waals surface area (Å²) >= 11 is 1.04. The quantitative estimate of drug-likeness (QED) is 0.848. The fourth-order valence-electron chi connectivity index (χ4n) is 2.11. The summed E-state index contributed by atoms with van der Waals surface area (Å²) in [6.07, 6.45) is 3.80. The van der Waals surface area contributed by atoms with E-state index < -0.39 is 9.05 Å². The molecule has 0 radical (unpaired) electrons. The molecule has 4 nitrogen and oxygen atoms in total. The standard InChI is InChI=1S/C12H16ClNO3S2/c1-8(9-3-2-4-9)14-11(15)7-10-5-6-12(18-10)19(13,16)17/h5-6,8-9H,2-4,7H2,1H3,(H,14,15). The minimum absolute atomic E-state index is 0.0697. The van der Waals surface area contributed by atoms with Crippen LogP contribution in [0.5, 0.6) is 0 Å². The van der Waals surface area contributed by atoms with Crippen molar-refractivity contribution in [3.8, 4) is 0 Å². The van der Waals surface area contributed by atoms with Crippen LogP contribution in [-0.2, 0) is 20.3 Å². The average Bonchev–Trinajstić information content (AvgIpc) is 2.61. The number of hydrogen-bond donors (Lipinski definition) is 1. The van der Waals surface area contributed by atoms with Crippen molar-refractivity contribution in [3.63, 3.8) is 0 Å². The van der Waals surface area contributed by atoms with Crippen molar-refractivity contribution >= 4 is 37.0 Å². The van der Waals surface area contributed by atoms with Crippen molar-refractivity contribution < 1.29 is 13.2 Å². The molecule has 1 N–H and O–H groups in total. The lowest BCUT2D eigenvalue weighted by molar-refractivity contribution is -0.121. The summed E-state index contributed by atoms with van der Waals surface area (Å²) in [6.45, 7) is 2.02. The second kappa shape index (κ2) is 5.81. The zero-order chi connectivity index (χ0) is 14.0. The van der Waals surface area contributed by atoms with Gasteiger partial charge in [-0.15, -0.1) is 11.3 Å². The van der Waals surface area contributed by atoms with Crippen LogP contribution in [0.1, 0.15) is 31.1 Å². The molecule has 0 aliphatic heterocycles. The summed E-state index contributed by atoms with van der Waals surface area (Å²) in [7, 11) is 1.55. The molecule has 1 unspecified atom stereocenters. The largest absolute Gasteiger partial charge is 0.353 e. The van der Waals surface area contributed by atoms with Gasteiger partial charge in [0, 0.05) is 21.6 Å². The minimum Gasteiger partial charge on any atom is -0.353 e. The van der Waals surface area contributed by atoms with Crippen molar-refractivity contribution in [2.45, 2.75) is 42.9 Å². The zero-order valence-electron chi connectivity index (χ0n) is 10.6. The Morgan fingerprint density at radius 1 is 1.53 bits per heavy atom. The molecule has 1 aromatic heterocycles. The van der Waals surface area contributed by atoms with Crippen LogP contribution in [0, 0.1) is 5.92 Å². The van der Waals surface area contributed by atoms with Crippen LogP contribution in [0.2, 0.25) is 0 Å². The Hall–Kier alpha value is -0.590.